The topological polar surface area (TPSA) is 55.1 Å². The highest BCUT2D eigenvalue weighted by atomic mass is 79.9. The van der Waals surface area contributed by atoms with E-state index in [1.54, 1.807) is 0 Å². The van der Waals surface area contributed by atoms with Gasteiger partial charge < -0.3 is 11.1 Å². The summed E-state index contributed by atoms with van der Waals surface area (Å²) in [4.78, 5) is 11.1. The number of nitrogens with one attached hydrogen (secondary N) is 1. The fraction of sp³-hybridized carbons (Fsp3) is 0.417. The molecule has 1 aromatic rings. The molecular weight excluding hydrogens is 304 g/mol. The Morgan fingerprint density at radius 2 is 2.18 bits per heavy atom. The molecule has 3 nitrogen and oxygen atoms in total. The van der Waals surface area contributed by atoms with Crippen LogP contribution in [-0.4, -0.2) is 12.5 Å². The molecule has 0 aromatic heterocycles. The van der Waals surface area contributed by atoms with Crippen molar-refractivity contribution < 1.29 is 4.79 Å². The Hall–Kier alpha value is -0.580. The zero-order valence-electron chi connectivity index (χ0n) is 9.89. The van der Waals surface area contributed by atoms with Crippen LogP contribution in [0.15, 0.2) is 22.7 Å². The van der Waals surface area contributed by atoms with Gasteiger partial charge in [-0.15, -0.1) is 0 Å². The Morgan fingerprint density at radius 3 is 2.71 bits per heavy atom. The van der Waals surface area contributed by atoms with Crippen molar-refractivity contribution >= 4 is 33.4 Å². The summed E-state index contributed by atoms with van der Waals surface area (Å²) in [6, 6.07) is 5.73. The van der Waals surface area contributed by atoms with Crippen LogP contribution in [-0.2, 0) is 11.3 Å². The smallest absolute Gasteiger partial charge is 0.224 e. The number of amides is 1. The van der Waals surface area contributed by atoms with Gasteiger partial charge in [-0.05, 0) is 47.5 Å². The maximum atomic E-state index is 11.1. The number of primary amides is 1. The first-order valence-electron chi connectivity index (χ1n) is 5.27. The molecule has 0 bridgehead atoms. The van der Waals surface area contributed by atoms with Crippen LogP contribution in [0.25, 0.3) is 0 Å². The second kappa shape index (κ2) is 5.85. The molecule has 0 aliphatic rings. The van der Waals surface area contributed by atoms with Crippen molar-refractivity contribution in [2.24, 2.45) is 11.1 Å². The number of carbonyl (C=O) groups is 1. The highest BCUT2D eigenvalue weighted by Gasteiger charge is 2.23. The van der Waals surface area contributed by atoms with E-state index in [9.17, 15) is 4.79 Å². The van der Waals surface area contributed by atoms with Crippen LogP contribution in [0.2, 0.25) is 5.02 Å². The first kappa shape index (κ1) is 14.5. The van der Waals surface area contributed by atoms with E-state index in [4.69, 9.17) is 17.3 Å². The minimum absolute atomic E-state index is 0.303. The van der Waals surface area contributed by atoms with Crippen molar-refractivity contribution in [3.05, 3.63) is 33.3 Å². The van der Waals surface area contributed by atoms with Gasteiger partial charge >= 0.3 is 0 Å². The van der Waals surface area contributed by atoms with E-state index < -0.39 is 5.41 Å². The van der Waals surface area contributed by atoms with Gasteiger partial charge in [0.25, 0.3) is 0 Å². The monoisotopic (exact) mass is 318 g/mol. The number of benzene rings is 1. The molecule has 94 valence electrons. The summed E-state index contributed by atoms with van der Waals surface area (Å²) in [6.45, 7) is 4.86. The van der Waals surface area contributed by atoms with Crippen molar-refractivity contribution in [3.8, 4) is 0 Å². The summed E-state index contributed by atoms with van der Waals surface area (Å²) < 4.78 is 0.868. The maximum absolute atomic E-state index is 11.1. The molecular formula is C12H16BrClN2O. The first-order valence-corrected chi connectivity index (χ1v) is 6.44. The molecule has 1 rings (SSSR count). The molecule has 0 fully saturated rings. The lowest BCUT2D eigenvalue weighted by molar-refractivity contribution is -0.125. The van der Waals surface area contributed by atoms with Crippen LogP contribution < -0.4 is 11.1 Å². The molecule has 0 saturated heterocycles. The normalized spacial score (nSPS) is 11.5. The van der Waals surface area contributed by atoms with Gasteiger partial charge in [0.1, 0.15) is 0 Å². The molecule has 0 aliphatic carbocycles. The van der Waals surface area contributed by atoms with Gasteiger partial charge in [-0.2, -0.15) is 0 Å². The number of hydrogen-bond acceptors (Lipinski definition) is 2. The minimum Gasteiger partial charge on any atom is -0.369 e. The van der Waals surface area contributed by atoms with Crippen molar-refractivity contribution in [2.45, 2.75) is 20.4 Å². The van der Waals surface area contributed by atoms with E-state index in [-0.39, 0.29) is 5.91 Å². The number of hydrogen-bond donors (Lipinski definition) is 2. The lowest BCUT2D eigenvalue weighted by atomic mass is 9.93. The van der Waals surface area contributed by atoms with Crippen LogP contribution in [0.3, 0.4) is 0 Å². The third-order valence-corrected chi connectivity index (χ3v) is 3.76. The van der Waals surface area contributed by atoms with Crippen molar-refractivity contribution in [1.82, 2.24) is 5.32 Å². The fourth-order valence-electron chi connectivity index (χ4n) is 1.26. The molecule has 0 spiro atoms. The number of halogens is 2. The fourth-order valence-corrected chi connectivity index (χ4v) is 1.80. The molecule has 0 unspecified atom stereocenters. The Morgan fingerprint density at radius 1 is 1.53 bits per heavy atom. The van der Waals surface area contributed by atoms with Gasteiger partial charge in [0.15, 0.2) is 0 Å². The Balaban J connectivity index is 2.51. The number of nitrogens with two attached hydrogens (primary N) is 1. The second-order valence-electron chi connectivity index (χ2n) is 4.60. The number of rotatable bonds is 5. The van der Waals surface area contributed by atoms with Crippen molar-refractivity contribution in [2.75, 3.05) is 6.54 Å². The van der Waals surface area contributed by atoms with Crippen molar-refractivity contribution in [1.29, 1.82) is 0 Å². The lowest BCUT2D eigenvalue weighted by Gasteiger charge is -2.20. The molecule has 0 atom stereocenters. The molecule has 1 aromatic carbocycles. The van der Waals surface area contributed by atoms with Gasteiger partial charge in [-0.1, -0.05) is 17.7 Å². The molecule has 1 amide bonds. The quantitative estimate of drug-likeness (QED) is 0.877. The van der Waals surface area contributed by atoms with Crippen LogP contribution in [0, 0.1) is 5.41 Å². The lowest BCUT2D eigenvalue weighted by Crippen LogP contribution is -2.40. The zero-order chi connectivity index (χ0) is 13.1. The second-order valence-corrected chi connectivity index (χ2v) is 5.86. The Bertz CT molecular complexity index is 421. The van der Waals surface area contributed by atoms with E-state index in [1.807, 2.05) is 32.0 Å². The van der Waals surface area contributed by atoms with E-state index in [2.05, 4.69) is 21.2 Å². The Labute approximate surface area is 115 Å². The summed E-state index contributed by atoms with van der Waals surface area (Å²) in [6.07, 6.45) is 0. The van der Waals surface area contributed by atoms with E-state index in [0.717, 1.165) is 10.0 Å². The molecule has 3 N–H and O–H groups in total. The maximum Gasteiger partial charge on any atom is 0.224 e. The third kappa shape index (κ3) is 4.30. The molecule has 0 aliphatic heterocycles. The van der Waals surface area contributed by atoms with E-state index in [0.29, 0.717) is 18.1 Å². The highest BCUT2D eigenvalue weighted by molar-refractivity contribution is 9.10. The van der Waals surface area contributed by atoms with Crippen LogP contribution in [0.5, 0.6) is 0 Å². The molecule has 0 heterocycles. The average Bonchev–Trinajstić information content (AvgIpc) is 2.23. The largest absolute Gasteiger partial charge is 0.369 e. The minimum atomic E-state index is -0.538. The molecule has 5 heteroatoms. The molecule has 0 saturated carbocycles. The zero-order valence-corrected chi connectivity index (χ0v) is 12.2. The summed E-state index contributed by atoms with van der Waals surface area (Å²) in [5, 5.41) is 3.89. The van der Waals surface area contributed by atoms with Gasteiger partial charge in [-0.3, -0.25) is 4.79 Å². The van der Waals surface area contributed by atoms with Gasteiger partial charge in [0, 0.05) is 17.6 Å². The van der Waals surface area contributed by atoms with Crippen LogP contribution >= 0.6 is 27.5 Å². The first-order chi connectivity index (χ1) is 7.83. The standard InChI is InChI=1S/C12H16BrClN2O/c1-12(2,11(15)17)7-16-6-8-3-4-10(14)9(13)5-8/h3-5,16H,6-7H2,1-2H3,(H2,15,17). The van der Waals surface area contributed by atoms with Crippen LogP contribution in [0.1, 0.15) is 19.4 Å². The molecule has 17 heavy (non-hydrogen) atoms. The van der Waals surface area contributed by atoms with Crippen molar-refractivity contribution in [3.63, 3.8) is 0 Å². The summed E-state index contributed by atoms with van der Waals surface area (Å²) in [7, 11) is 0. The Kier molecular flexibility index (Phi) is 4.98. The average molecular weight is 320 g/mol. The predicted octanol–water partition coefficient (Wildman–Crippen LogP) is 2.70. The van der Waals surface area contributed by atoms with Gasteiger partial charge in [-0.25, -0.2) is 0 Å². The van der Waals surface area contributed by atoms with Gasteiger partial charge in [0.05, 0.1) is 10.4 Å². The predicted molar refractivity (Wildman–Crippen MR) is 73.8 cm³/mol. The highest BCUT2D eigenvalue weighted by Crippen LogP contribution is 2.23. The van der Waals surface area contributed by atoms with E-state index >= 15 is 0 Å². The SMILES string of the molecule is CC(C)(CNCc1ccc(Cl)c(Br)c1)C(N)=O. The summed E-state index contributed by atoms with van der Waals surface area (Å²) >= 11 is 9.27. The summed E-state index contributed by atoms with van der Waals surface area (Å²) in [5.74, 6) is -0.303. The van der Waals surface area contributed by atoms with E-state index in [1.165, 1.54) is 0 Å². The third-order valence-electron chi connectivity index (χ3n) is 2.55. The number of carbonyl (C=O) groups excluding carboxylic acids is 1. The molecule has 0 radical (unpaired) electrons. The van der Waals surface area contributed by atoms with Gasteiger partial charge in [0.2, 0.25) is 5.91 Å². The summed E-state index contributed by atoms with van der Waals surface area (Å²) in [5.41, 5.74) is 5.85. The van der Waals surface area contributed by atoms with Crippen LogP contribution in [0.4, 0.5) is 0 Å².